The molecule has 1 aliphatic heterocycles. The fourth-order valence-electron chi connectivity index (χ4n) is 2.71. The van der Waals surface area contributed by atoms with Crippen molar-refractivity contribution in [3.8, 4) is 17.6 Å². The SMILES string of the molecule is COc1ccc2c(c1)C(=O)N(C[C@@H](C#Cc1cn[nH]c1)NC(=O)NC=O)C2. The molecule has 3 rings (SSSR count). The number of aromatic nitrogens is 2. The highest BCUT2D eigenvalue weighted by Gasteiger charge is 2.29. The fraction of sp³-hybridized carbons (Fsp3) is 0.222. The number of aromatic amines is 1. The lowest BCUT2D eigenvalue weighted by molar-refractivity contribution is -0.108. The third-order valence-electron chi connectivity index (χ3n) is 3.98. The third-order valence-corrected chi connectivity index (χ3v) is 3.98. The van der Waals surface area contributed by atoms with E-state index in [4.69, 9.17) is 4.74 Å². The maximum absolute atomic E-state index is 12.7. The van der Waals surface area contributed by atoms with E-state index in [1.807, 2.05) is 11.4 Å². The van der Waals surface area contributed by atoms with Gasteiger partial charge in [0.05, 0.1) is 25.4 Å². The molecule has 138 valence electrons. The number of rotatable bonds is 5. The van der Waals surface area contributed by atoms with Crippen LogP contribution in [0.25, 0.3) is 0 Å². The van der Waals surface area contributed by atoms with Crippen molar-refractivity contribution in [3.63, 3.8) is 0 Å². The van der Waals surface area contributed by atoms with Crippen LogP contribution in [0, 0.1) is 11.8 Å². The van der Waals surface area contributed by atoms with Gasteiger partial charge in [-0.05, 0) is 17.7 Å². The van der Waals surface area contributed by atoms with E-state index in [0.29, 0.717) is 23.4 Å². The van der Waals surface area contributed by atoms with Gasteiger partial charge in [-0.25, -0.2) is 4.79 Å². The zero-order valence-corrected chi connectivity index (χ0v) is 14.5. The summed E-state index contributed by atoms with van der Waals surface area (Å²) in [5, 5.41) is 11.0. The number of hydrogen-bond donors (Lipinski definition) is 3. The van der Waals surface area contributed by atoms with E-state index >= 15 is 0 Å². The van der Waals surface area contributed by atoms with Crippen molar-refractivity contribution < 1.29 is 19.1 Å². The number of benzene rings is 1. The molecule has 2 aromatic rings. The number of H-pyrrole nitrogens is 1. The molecule has 4 amide bonds. The fourth-order valence-corrected chi connectivity index (χ4v) is 2.71. The molecule has 0 unspecified atom stereocenters. The average Bonchev–Trinajstić information content (AvgIpc) is 3.28. The Kier molecular flexibility index (Phi) is 5.37. The summed E-state index contributed by atoms with van der Waals surface area (Å²) in [4.78, 5) is 36.4. The second kappa shape index (κ2) is 8.05. The molecule has 0 saturated carbocycles. The molecule has 0 fully saturated rings. The van der Waals surface area contributed by atoms with Crippen LogP contribution in [0.1, 0.15) is 21.5 Å². The molecule has 9 heteroatoms. The first-order valence-corrected chi connectivity index (χ1v) is 8.08. The molecule has 0 spiro atoms. The van der Waals surface area contributed by atoms with E-state index in [-0.39, 0.29) is 18.9 Å². The Balaban J connectivity index is 1.76. The van der Waals surface area contributed by atoms with Gasteiger partial charge in [0.2, 0.25) is 6.41 Å². The number of carbonyl (C=O) groups excluding carboxylic acids is 3. The van der Waals surface area contributed by atoms with E-state index in [1.165, 1.54) is 7.11 Å². The highest BCUT2D eigenvalue weighted by molar-refractivity contribution is 5.98. The molecule has 1 atom stereocenters. The van der Waals surface area contributed by atoms with Crippen LogP contribution in [0.2, 0.25) is 0 Å². The summed E-state index contributed by atoms with van der Waals surface area (Å²) >= 11 is 0. The molecule has 1 aliphatic rings. The first-order chi connectivity index (χ1) is 13.1. The molecule has 0 aliphatic carbocycles. The predicted molar refractivity (Wildman–Crippen MR) is 94.7 cm³/mol. The van der Waals surface area contributed by atoms with Gasteiger partial charge in [0, 0.05) is 18.3 Å². The number of methoxy groups -OCH3 is 1. The first kappa shape index (κ1) is 18.0. The Bertz CT molecular complexity index is 914. The van der Waals surface area contributed by atoms with Gasteiger partial charge in [0.25, 0.3) is 5.91 Å². The topological polar surface area (TPSA) is 116 Å². The van der Waals surface area contributed by atoms with Gasteiger partial charge in [-0.15, -0.1) is 0 Å². The van der Waals surface area contributed by atoms with Crippen LogP contribution >= 0.6 is 0 Å². The van der Waals surface area contributed by atoms with E-state index < -0.39 is 12.1 Å². The summed E-state index contributed by atoms with van der Waals surface area (Å²) in [6, 6.07) is 3.95. The van der Waals surface area contributed by atoms with Crippen LogP contribution in [0.3, 0.4) is 0 Å². The lowest BCUT2D eigenvalue weighted by Crippen LogP contribution is -2.46. The number of fused-ring (bicyclic) bond motifs is 1. The number of urea groups is 1. The van der Waals surface area contributed by atoms with Crippen molar-refractivity contribution >= 4 is 18.3 Å². The number of carbonyl (C=O) groups is 3. The molecule has 2 heterocycles. The largest absolute Gasteiger partial charge is 0.497 e. The van der Waals surface area contributed by atoms with Crippen LogP contribution in [0.5, 0.6) is 5.75 Å². The predicted octanol–water partition coefficient (Wildman–Crippen LogP) is 0.250. The smallest absolute Gasteiger partial charge is 0.322 e. The summed E-state index contributed by atoms with van der Waals surface area (Å²) in [7, 11) is 1.54. The van der Waals surface area contributed by atoms with Gasteiger partial charge in [-0.2, -0.15) is 5.10 Å². The maximum Gasteiger partial charge on any atom is 0.322 e. The van der Waals surface area contributed by atoms with Crippen LogP contribution in [-0.2, 0) is 11.3 Å². The quantitative estimate of drug-likeness (QED) is 0.517. The second-order valence-electron chi connectivity index (χ2n) is 5.75. The van der Waals surface area contributed by atoms with Crippen LogP contribution in [0.4, 0.5) is 4.79 Å². The Hall–Kier alpha value is -3.80. The van der Waals surface area contributed by atoms with Crippen LogP contribution in [0.15, 0.2) is 30.6 Å². The Morgan fingerprint density at radius 1 is 1.52 bits per heavy atom. The van der Waals surface area contributed by atoms with Gasteiger partial charge in [-0.3, -0.25) is 20.0 Å². The van der Waals surface area contributed by atoms with Gasteiger partial charge in [-0.1, -0.05) is 17.9 Å². The number of nitrogens with one attached hydrogen (secondary N) is 3. The lowest BCUT2D eigenvalue weighted by Gasteiger charge is -2.20. The number of nitrogens with zero attached hydrogens (tertiary/aromatic N) is 2. The summed E-state index contributed by atoms with van der Waals surface area (Å²) < 4.78 is 5.16. The second-order valence-corrected chi connectivity index (χ2v) is 5.75. The number of imide groups is 1. The molecule has 0 bridgehead atoms. The normalized spacial score (nSPS) is 13.2. The van der Waals surface area contributed by atoms with Crippen molar-refractivity contribution in [1.82, 2.24) is 25.7 Å². The highest BCUT2D eigenvalue weighted by atomic mass is 16.5. The summed E-state index contributed by atoms with van der Waals surface area (Å²) in [6.07, 6.45) is 3.43. The average molecular weight is 367 g/mol. The Morgan fingerprint density at radius 2 is 2.37 bits per heavy atom. The minimum Gasteiger partial charge on any atom is -0.497 e. The standard InChI is InChI=1S/C18H17N5O4/c1-27-15-5-3-13-9-23(17(25)16(13)6-15)10-14(22-18(26)19-11-24)4-2-12-7-20-21-8-12/h3,5-8,11,14H,9-10H2,1H3,(H,20,21)(H2,19,22,24,26)/t14-/m1/s1. The Morgan fingerprint density at radius 3 is 3.07 bits per heavy atom. The van der Waals surface area contributed by atoms with Gasteiger partial charge in [0.15, 0.2) is 0 Å². The minimum atomic E-state index is -0.692. The molecule has 1 aromatic carbocycles. The zero-order valence-electron chi connectivity index (χ0n) is 14.5. The van der Waals surface area contributed by atoms with Gasteiger partial charge >= 0.3 is 6.03 Å². The van der Waals surface area contributed by atoms with Crippen molar-refractivity contribution in [1.29, 1.82) is 0 Å². The molecular formula is C18H17N5O4. The minimum absolute atomic E-state index is 0.160. The first-order valence-electron chi connectivity index (χ1n) is 8.08. The van der Waals surface area contributed by atoms with Gasteiger partial charge in [0.1, 0.15) is 11.8 Å². The van der Waals surface area contributed by atoms with Gasteiger partial charge < -0.3 is 15.0 Å². The monoisotopic (exact) mass is 367 g/mol. The van der Waals surface area contributed by atoms with E-state index in [0.717, 1.165) is 5.56 Å². The zero-order chi connectivity index (χ0) is 19.2. The molecule has 27 heavy (non-hydrogen) atoms. The summed E-state index contributed by atoms with van der Waals surface area (Å²) in [5.74, 6) is 6.19. The molecule has 0 saturated heterocycles. The maximum atomic E-state index is 12.7. The van der Waals surface area contributed by atoms with Crippen molar-refractivity contribution in [3.05, 3.63) is 47.3 Å². The molecule has 3 N–H and O–H groups in total. The summed E-state index contributed by atoms with van der Waals surface area (Å²) in [5.41, 5.74) is 2.08. The number of amides is 4. The Labute approximate surface area is 155 Å². The van der Waals surface area contributed by atoms with Crippen molar-refractivity contribution in [2.24, 2.45) is 0 Å². The third kappa shape index (κ3) is 4.24. The number of ether oxygens (including phenoxy) is 1. The van der Waals surface area contributed by atoms with Crippen molar-refractivity contribution in [2.75, 3.05) is 13.7 Å². The van der Waals surface area contributed by atoms with E-state index in [2.05, 4.69) is 27.4 Å². The lowest BCUT2D eigenvalue weighted by atomic mass is 10.1. The molecule has 0 radical (unpaired) electrons. The number of hydrogen-bond acceptors (Lipinski definition) is 5. The van der Waals surface area contributed by atoms with Crippen LogP contribution < -0.4 is 15.4 Å². The summed E-state index contributed by atoms with van der Waals surface area (Å²) in [6.45, 7) is 0.561. The molecule has 1 aromatic heterocycles. The molecule has 9 nitrogen and oxygen atoms in total. The van der Waals surface area contributed by atoms with Crippen molar-refractivity contribution in [2.45, 2.75) is 12.6 Å². The van der Waals surface area contributed by atoms with Crippen LogP contribution in [-0.4, -0.2) is 53.1 Å². The van der Waals surface area contributed by atoms with E-state index in [9.17, 15) is 14.4 Å². The van der Waals surface area contributed by atoms with E-state index in [1.54, 1.807) is 29.4 Å². The highest BCUT2D eigenvalue weighted by Crippen LogP contribution is 2.26. The molecular weight excluding hydrogens is 350 g/mol.